The van der Waals surface area contributed by atoms with Crippen LogP contribution in [0.15, 0.2) is 18.3 Å². The third-order valence-corrected chi connectivity index (χ3v) is 5.27. The van der Waals surface area contributed by atoms with Gasteiger partial charge in [-0.2, -0.15) is 0 Å². The fourth-order valence-electron chi connectivity index (χ4n) is 3.95. The first-order valence-corrected chi connectivity index (χ1v) is 9.23. The topological polar surface area (TPSA) is 60.5 Å². The number of carbonyl (C=O) groups is 1. The summed E-state index contributed by atoms with van der Waals surface area (Å²) in [7, 11) is 0. The SMILES string of the molecule is CCN(CC)c1ccc(NC(=O)N[C@H]2CCN3CCCC[C@@H]23)cn1. The normalized spacial score (nSPS) is 23.6. The summed E-state index contributed by atoms with van der Waals surface area (Å²) in [5.41, 5.74) is 0.738. The second-order valence-corrected chi connectivity index (χ2v) is 6.67. The largest absolute Gasteiger partial charge is 0.357 e. The number of hydrogen-bond acceptors (Lipinski definition) is 4. The van der Waals surface area contributed by atoms with Crippen LogP contribution in [0.5, 0.6) is 0 Å². The number of rotatable bonds is 5. The van der Waals surface area contributed by atoms with Gasteiger partial charge in [0.15, 0.2) is 0 Å². The second-order valence-electron chi connectivity index (χ2n) is 6.67. The Kier molecular flexibility index (Phi) is 5.56. The third kappa shape index (κ3) is 3.80. The van der Waals surface area contributed by atoms with Gasteiger partial charge in [0.05, 0.1) is 11.9 Å². The molecular weight excluding hydrogens is 302 g/mol. The molecule has 6 nitrogen and oxygen atoms in total. The van der Waals surface area contributed by atoms with Crippen molar-refractivity contribution in [3.63, 3.8) is 0 Å². The molecule has 1 aromatic rings. The van der Waals surface area contributed by atoms with Gasteiger partial charge in [-0.1, -0.05) is 6.42 Å². The van der Waals surface area contributed by atoms with E-state index in [1.54, 1.807) is 6.20 Å². The summed E-state index contributed by atoms with van der Waals surface area (Å²) in [6.45, 7) is 8.37. The maximum absolute atomic E-state index is 12.3. The maximum atomic E-state index is 12.3. The number of carbonyl (C=O) groups excluding carboxylic acids is 1. The molecule has 1 aromatic heterocycles. The molecule has 0 spiro atoms. The van der Waals surface area contributed by atoms with E-state index in [2.05, 4.69) is 39.3 Å². The van der Waals surface area contributed by atoms with Crippen LogP contribution in [-0.4, -0.2) is 54.2 Å². The summed E-state index contributed by atoms with van der Waals surface area (Å²) in [4.78, 5) is 21.4. The highest BCUT2D eigenvalue weighted by Gasteiger charge is 2.36. The van der Waals surface area contributed by atoms with Crippen molar-refractivity contribution in [2.24, 2.45) is 0 Å². The standard InChI is InChI=1S/C18H29N5O/c1-3-22(4-2)17-9-8-14(13-19-17)20-18(24)21-15-10-12-23-11-6-5-7-16(15)23/h8-9,13,15-16H,3-7,10-12H2,1-2H3,(H2,20,21,24)/t15-,16-/m0/s1. The van der Waals surface area contributed by atoms with Gasteiger partial charge < -0.3 is 15.5 Å². The minimum atomic E-state index is -0.121. The molecule has 2 aliphatic rings. The molecule has 2 atom stereocenters. The van der Waals surface area contributed by atoms with Crippen molar-refractivity contribution < 1.29 is 4.79 Å². The van der Waals surface area contributed by atoms with Gasteiger partial charge in [-0.3, -0.25) is 4.90 Å². The summed E-state index contributed by atoms with van der Waals surface area (Å²) in [5, 5.41) is 6.07. The molecule has 2 amide bonds. The van der Waals surface area contributed by atoms with Gasteiger partial charge >= 0.3 is 6.03 Å². The number of hydrogen-bond donors (Lipinski definition) is 2. The lowest BCUT2D eigenvalue weighted by molar-refractivity contribution is 0.180. The van der Waals surface area contributed by atoms with Crippen molar-refractivity contribution in [1.82, 2.24) is 15.2 Å². The van der Waals surface area contributed by atoms with Gasteiger partial charge in [0.1, 0.15) is 5.82 Å². The van der Waals surface area contributed by atoms with Gasteiger partial charge in [-0.15, -0.1) is 0 Å². The molecule has 2 fully saturated rings. The number of amides is 2. The molecule has 0 bridgehead atoms. The monoisotopic (exact) mass is 331 g/mol. The number of urea groups is 1. The molecule has 0 unspecified atom stereocenters. The van der Waals surface area contributed by atoms with E-state index < -0.39 is 0 Å². The first kappa shape index (κ1) is 17.0. The quantitative estimate of drug-likeness (QED) is 0.871. The van der Waals surface area contributed by atoms with Crippen molar-refractivity contribution in [2.75, 3.05) is 36.4 Å². The van der Waals surface area contributed by atoms with Crippen molar-refractivity contribution in [2.45, 2.75) is 51.6 Å². The van der Waals surface area contributed by atoms with E-state index in [9.17, 15) is 4.79 Å². The minimum Gasteiger partial charge on any atom is -0.357 e. The lowest BCUT2D eigenvalue weighted by Gasteiger charge is -2.32. The summed E-state index contributed by atoms with van der Waals surface area (Å²) in [5.74, 6) is 0.944. The fraction of sp³-hybridized carbons (Fsp3) is 0.667. The van der Waals surface area contributed by atoms with E-state index in [4.69, 9.17) is 0 Å². The number of nitrogens with one attached hydrogen (secondary N) is 2. The van der Waals surface area contributed by atoms with Crippen LogP contribution in [0.25, 0.3) is 0 Å². The Morgan fingerprint density at radius 3 is 2.79 bits per heavy atom. The van der Waals surface area contributed by atoms with E-state index >= 15 is 0 Å². The zero-order valence-electron chi connectivity index (χ0n) is 14.8. The molecule has 132 valence electrons. The second kappa shape index (κ2) is 7.83. The molecule has 3 rings (SSSR count). The van der Waals surface area contributed by atoms with Crippen LogP contribution in [0.1, 0.15) is 39.5 Å². The van der Waals surface area contributed by atoms with Crippen LogP contribution < -0.4 is 15.5 Å². The molecule has 6 heteroatoms. The molecule has 3 heterocycles. The van der Waals surface area contributed by atoms with Gasteiger partial charge in [0.25, 0.3) is 0 Å². The lowest BCUT2D eigenvalue weighted by Crippen LogP contribution is -2.47. The molecule has 2 N–H and O–H groups in total. The Bertz CT molecular complexity index is 543. The highest BCUT2D eigenvalue weighted by Crippen LogP contribution is 2.27. The molecule has 0 saturated carbocycles. The molecule has 0 aliphatic carbocycles. The van der Waals surface area contributed by atoms with Crippen molar-refractivity contribution in [1.29, 1.82) is 0 Å². The average molecular weight is 331 g/mol. The first-order valence-electron chi connectivity index (χ1n) is 9.23. The zero-order valence-corrected chi connectivity index (χ0v) is 14.8. The Hall–Kier alpha value is -1.82. The summed E-state index contributed by atoms with van der Waals surface area (Å²) < 4.78 is 0. The molecular formula is C18H29N5O. The molecule has 24 heavy (non-hydrogen) atoms. The summed E-state index contributed by atoms with van der Waals surface area (Å²) >= 11 is 0. The van der Waals surface area contributed by atoms with E-state index in [0.29, 0.717) is 6.04 Å². The lowest BCUT2D eigenvalue weighted by atomic mass is 9.99. The van der Waals surface area contributed by atoms with Crippen LogP contribution in [0.4, 0.5) is 16.3 Å². The fourth-order valence-corrected chi connectivity index (χ4v) is 3.95. The van der Waals surface area contributed by atoms with Crippen LogP contribution >= 0.6 is 0 Å². The number of fused-ring (bicyclic) bond motifs is 1. The number of aromatic nitrogens is 1. The number of nitrogens with zero attached hydrogens (tertiary/aromatic N) is 3. The van der Waals surface area contributed by atoms with Crippen molar-refractivity contribution >= 4 is 17.5 Å². The predicted octanol–water partition coefficient (Wildman–Crippen LogP) is 2.68. The van der Waals surface area contributed by atoms with Crippen LogP contribution in [0, 0.1) is 0 Å². The Balaban J connectivity index is 1.53. The van der Waals surface area contributed by atoms with Crippen LogP contribution in [0.3, 0.4) is 0 Å². The predicted molar refractivity (Wildman–Crippen MR) is 97.6 cm³/mol. The van der Waals surface area contributed by atoms with E-state index in [-0.39, 0.29) is 12.1 Å². The van der Waals surface area contributed by atoms with Gasteiger partial charge in [-0.05, 0) is 51.8 Å². The van der Waals surface area contributed by atoms with Crippen molar-refractivity contribution in [3.05, 3.63) is 18.3 Å². The summed E-state index contributed by atoms with van der Waals surface area (Å²) in [6, 6.07) is 4.55. The molecule has 2 saturated heterocycles. The van der Waals surface area contributed by atoms with Gasteiger partial charge in [-0.25, -0.2) is 9.78 Å². The van der Waals surface area contributed by atoms with E-state index in [0.717, 1.165) is 37.6 Å². The molecule has 2 aliphatic heterocycles. The third-order valence-electron chi connectivity index (χ3n) is 5.27. The average Bonchev–Trinajstić information content (AvgIpc) is 3.00. The molecule has 0 aromatic carbocycles. The highest BCUT2D eigenvalue weighted by atomic mass is 16.2. The van der Waals surface area contributed by atoms with E-state index in [1.165, 1.54) is 25.8 Å². The zero-order chi connectivity index (χ0) is 16.9. The maximum Gasteiger partial charge on any atom is 0.319 e. The Morgan fingerprint density at radius 2 is 2.08 bits per heavy atom. The Labute approximate surface area is 144 Å². The number of pyridine rings is 1. The van der Waals surface area contributed by atoms with Crippen molar-refractivity contribution in [3.8, 4) is 0 Å². The number of anilines is 2. The highest BCUT2D eigenvalue weighted by molar-refractivity contribution is 5.89. The minimum absolute atomic E-state index is 0.121. The number of piperidine rings is 1. The van der Waals surface area contributed by atoms with Crippen LogP contribution in [-0.2, 0) is 0 Å². The van der Waals surface area contributed by atoms with Gasteiger partial charge in [0.2, 0.25) is 0 Å². The van der Waals surface area contributed by atoms with E-state index in [1.807, 2.05) is 12.1 Å². The van der Waals surface area contributed by atoms with Gasteiger partial charge in [0, 0.05) is 31.7 Å². The first-order chi connectivity index (χ1) is 11.7. The smallest absolute Gasteiger partial charge is 0.319 e. The van der Waals surface area contributed by atoms with Crippen LogP contribution in [0.2, 0.25) is 0 Å². The Morgan fingerprint density at radius 1 is 1.25 bits per heavy atom. The summed E-state index contributed by atoms with van der Waals surface area (Å²) in [6.07, 6.45) is 6.55. The molecule has 0 radical (unpaired) electrons.